The zero-order chi connectivity index (χ0) is 17.4. The van der Waals surface area contributed by atoms with Crippen LogP contribution in [-0.2, 0) is 0 Å². The maximum atomic E-state index is 6.14. The van der Waals surface area contributed by atoms with Crippen molar-refractivity contribution in [1.29, 1.82) is 0 Å². The average molecular weight is 386 g/mol. The van der Waals surface area contributed by atoms with Crippen LogP contribution in [0.15, 0.2) is 53.9 Å². The first-order valence-corrected chi connectivity index (χ1v) is 9.29. The molecule has 4 rings (SSSR count). The summed E-state index contributed by atoms with van der Waals surface area (Å²) < 4.78 is 0. The van der Waals surface area contributed by atoms with Crippen LogP contribution < -0.4 is 5.32 Å². The van der Waals surface area contributed by atoms with Crippen LogP contribution in [0.2, 0.25) is 10.3 Å². The van der Waals surface area contributed by atoms with Gasteiger partial charge in [-0.05, 0) is 41.8 Å². The molecule has 0 bridgehead atoms. The molecule has 0 unspecified atom stereocenters. The van der Waals surface area contributed by atoms with E-state index in [9.17, 15) is 0 Å². The van der Waals surface area contributed by atoms with E-state index >= 15 is 0 Å². The van der Waals surface area contributed by atoms with Crippen LogP contribution in [0.25, 0.3) is 21.3 Å². The Morgan fingerprint density at radius 3 is 2.60 bits per heavy atom. The molecule has 0 atom stereocenters. The molecule has 0 saturated heterocycles. The molecule has 2 aromatic carbocycles. The number of nitrogens with one attached hydrogen (secondary N) is 1. The summed E-state index contributed by atoms with van der Waals surface area (Å²) in [6.07, 6.45) is 0. The predicted molar refractivity (Wildman–Crippen MR) is 107 cm³/mol. The van der Waals surface area contributed by atoms with Crippen molar-refractivity contribution in [3.05, 3.63) is 69.8 Å². The summed E-state index contributed by atoms with van der Waals surface area (Å²) in [5, 5.41) is 7.31. The fraction of sp³-hybridized carbons (Fsp3) is 0.0526. The molecule has 0 amide bonds. The van der Waals surface area contributed by atoms with Gasteiger partial charge in [-0.15, -0.1) is 11.3 Å². The van der Waals surface area contributed by atoms with E-state index in [2.05, 4.69) is 32.8 Å². The Bertz CT molecular complexity index is 1060. The second-order valence-corrected chi connectivity index (χ2v) is 7.25. The lowest BCUT2D eigenvalue weighted by Crippen LogP contribution is -1.98. The summed E-state index contributed by atoms with van der Waals surface area (Å²) >= 11 is 13.8. The van der Waals surface area contributed by atoms with E-state index in [0.29, 0.717) is 10.8 Å². The highest BCUT2D eigenvalue weighted by molar-refractivity contribution is 7.17. The van der Waals surface area contributed by atoms with E-state index in [1.165, 1.54) is 0 Å². The van der Waals surface area contributed by atoms with Gasteiger partial charge in [0.05, 0.1) is 5.39 Å². The van der Waals surface area contributed by atoms with E-state index in [1.807, 2.05) is 43.3 Å². The first-order valence-electron chi connectivity index (χ1n) is 7.65. The Hall–Kier alpha value is -2.14. The van der Waals surface area contributed by atoms with Crippen molar-refractivity contribution in [3.63, 3.8) is 0 Å². The fourth-order valence-corrected chi connectivity index (χ4v) is 4.03. The Labute approximate surface area is 159 Å². The Morgan fingerprint density at radius 1 is 1.00 bits per heavy atom. The number of fused-ring (bicyclic) bond motifs is 1. The van der Waals surface area contributed by atoms with Crippen molar-refractivity contribution in [2.24, 2.45) is 0 Å². The van der Waals surface area contributed by atoms with Crippen molar-refractivity contribution in [2.45, 2.75) is 6.92 Å². The Morgan fingerprint density at radius 2 is 1.80 bits per heavy atom. The number of rotatable bonds is 3. The van der Waals surface area contributed by atoms with Gasteiger partial charge in [-0.1, -0.05) is 48.0 Å². The summed E-state index contributed by atoms with van der Waals surface area (Å²) in [6.45, 7) is 2.02. The number of benzene rings is 2. The lowest BCUT2D eigenvalue weighted by Gasteiger charge is -2.11. The molecule has 0 aliphatic rings. The summed E-state index contributed by atoms with van der Waals surface area (Å²) in [7, 11) is 0. The highest BCUT2D eigenvalue weighted by Gasteiger charge is 2.15. The maximum Gasteiger partial charge on any atom is 0.225 e. The van der Waals surface area contributed by atoms with Gasteiger partial charge in [0.1, 0.15) is 10.6 Å². The number of thiophene rings is 1. The number of aromatic nitrogens is 2. The molecule has 2 heterocycles. The van der Waals surface area contributed by atoms with E-state index < -0.39 is 0 Å². The van der Waals surface area contributed by atoms with Crippen LogP contribution in [0.1, 0.15) is 5.56 Å². The zero-order valence-corrected chi connectivity index (χ0v) is 15.6. The minimum absolute atomic E-state index is 0.219. The van der Waals surface area contributed by atoms with Crippen molar-refractivity contribution in [2.75, 3.05) is 5.32 Å². The molecule has 6 heteroatoms. The second kappa shape index (κ2) is 6.64. The van der Waals surface area contributed by atoms with Crippen molar-refractivity contribution in [3.8, 4) is 11.1 Å². The molecular weight excluding hydrogens is 373 g/mol. The van der Waals surface area contributed by atoms with Crippen LogP contribution in [0, 0.1) is 6.92 Å². The van der Waals surface area contributed by atoms with Gasteiger partial charge in [-0.3, -0.25) is 0 Å². The molecule has 0 aliphatic carbocycles. The molecule has 4 aromatic rings. The third-order valence-corrected chi connectivity index (χ3v) is 5.22. The van der Waals surface area contributed by atoms with Gasteiger partial charge in [-0.25, -0.2) is 4.98 Å². The average Bonchev–Trinajstić information content (AvgIpc) is 3.03. The molecule has 3 nitrogen and oxygen atoms in total. The smallest absolute Gasteiger partial charge is 0.225 e. The Balaban J connectivity index is 1.91. The summed E-state index contributed by atoms with van der Waals surface area (Å²) in [4.78, 5) is 9.65. The quantitative estimate of drug-likeness (QED) is 0.397. The summed E-state index contributed by atoms with van der Waals surface area (Å²) in [5.41, 5.74) is 4.17. The van der Waals surface area contributed by atoms with Crippen LogP contribution in [0.4, 0.5) is 11.5 Å². The van der Waals surface area contributed by atoms with E-state index in [-0.39, 0.29) is 5.28 Å². The predicted octanol–water partition coefficient (Wildman–Crippen LogP) is 6.72. The van der Waals surface area contributed by atoms with Crippen molar-refractivity contribution >= 4 is 56.3 Å². The highest BCUT2D eigenvalue weighted by Crippen LogP contribution is 2.38. The second-order valence-electron chi connectivity index (χ2n) is 5.62. The minimum Gasteiger partial charge on any atom is -0.339 e. The van der Waals surface area contributed by atoms with Gasteiger partial charge in [0, 0.05) is 21.7 Å². The molecule has 2 aromatic heterocycles. The van der Waals surface area contributed by atoms with Crippen LogP contribution in [0.5, 0.6) is 0 Å². The zero-order valence-electron chi connectivity index (χ0n) is 13.3. The number of halogens is 2. The van der Waals surface area contributed by atoms with Crippen LogP contribution in [0.3, 0.4) is 0 Å². The summed E-state index contributed by atoms with van der Waals surface area (Å²) in [6, 6.07) is 15.9. The van der Waals surface area contributed by atoms with Gasteiger partial charge in [0.2, 0.25) is 5.28 Å². The van der Waals surface area contributed by atoms with E-state index in [1.54, 1.807) is 11.3 Å². The lowest BCUT2D eigenvalue weighted by atomic mass is 10.1. The van der Waals surface area contributed by atoms with Crippen molar-refractivity contribution in [1.82, 2.24) is 9.97 Å². The third kappa shape index (κ3) is 3.21. The largest absolute Gasteiger partial charge is 0.339 e. The third-order valence-electron chi connectivity index (χ3n) is 3.94. The number of anilines is 2. The monoisotopic (exact) mass is 385 g/mol. The van der Waals surface area contributed by atoms with Gasteiger partial charge in [0.25, 0.3) is 0 Å². The normalized spacial score (nSPS) is 11.0. The Kier molecular flexibility index (Phi) is 4.34. The lowest BCUT2D eigenvalue weighted by molar-refractivity contribution is 1.23. The highest BCUT2D eigenvalue weighted by atomic mass is 35.5. The maximum absolute atomic E-state index is 6.14. The molecule has 124 valence electrons. The van der Waals surface area contributed by atoms with E-state index in [4.69, 9.17) is 23.2 Å². The SMILES string of the molecule is Cc1ccc(Cl)cc1Nc1nc(Cl)nc2scc(-c3ccccc3)c12. The topological polar surface area (TPSA) is 37.8 Å². The molecule has 0 saturated carbocycles. The molecule has 0 radical (unpaired) electrons. The first-order chi connectivity index (χ1) is 12.1. The fourth-order valence-electron chi connectivity index (χ4n) is 2.69. The molecule has 0 aliphatic heterocycles. The van der Waals surface area contributed by atoms with Gasteiger partial charge in [-0.2, -0.15) is 4.98 Å². The van der Waals surface area contributed by atoms with Crippen molar-refractivity contribution < 1.29 is 0 Å². The molecular formula is C19H13Cl2N3S. The van der Waals surface area contributed by atoms with Gasteiger partial charge in [0.15, 0.2) is 0 Å². The minimum atomic E-state index is 0.219. The molecule has 0 fully saturated rings. The number of hydrogen-bond donors (Lipinski definition) is 1. The summed E-state index contributed by atoms with van der Waals surface area (Å²) in [5.74, 6) is 0.681. The number of hydrogen-bond acceptors (Lipinski definition) is 4. The van der Waals surface area contributed by atoms with Crippen LogP contribution in [-0.4, -0.2) is 9.97 Å². The van der Waals surface area contributed by atoms with Gasteiger partial charge >= 0.3 is 0 Å². The van der Waals surface area contributed by atoms with Crippen LogP contribution >= 0.6 is 34.5 Å². The molecule has 1 N–H and O–H groups in total. The van der Waals surface area contributed by atoms with Gasteiger partial charge < -0.3 is 5.32 Å². The number of aryl methyl sites for hydroxylation is 1. The molecule has 0 spiro atoms. The number of nitrogens with zero attached hydrogens (tertiary/aromatic N) is 2. The first kappa shape index (κ1) is 16.3. The molecule has 25 heavy (non-hydrogen) atoms. The van der Waals surface area contributed by atoms with E-state index in [0.717, 1.165) is 32.6 Å². The standard InChI is InChI=1S/C19H13Cl2N3S/c1-11-7-8-13(20)9-15(11)22-17-16-14(12-5-3-2-4-6-12)10-25-18(16)24-19(21)23-17/h2-10H,1H3,(H,22,23,24).